The predicted octanol–water partition coefficient (Wildman–Crippen LogP) is 1.40. The Labute approximate surface area is 157 Å². The van der Waals surface area contributed by atoms with Gasteiger partial charge in [0.25, 0.3) is 0 Å². The molecule has 8 heteroatoms. The lowest BCUT2D eigenvalue weighted by Gasteiger charge is -2.32. The molecule has 3 aromatic rings. The van der Waals surface area contributed by atoms with Gasteiger partial charge in [-0.1, -0.05) is 6.07 Å². The zero-order valence-electron chi connectivity index (χ0n) is 15.4. The van der Waals surface area contributed by atoms with Gasteiger partial charge in [0.2, 0.25) is 5.91 Å². The van der Waals surface area contributed by atoms with Crippen LogP contribution in [0.5, 0.6) is 0 Å². The van der Waals surface area contributed by atoms with Crippen LogP contribution in [0.4, 0.5) is 0 Å². The molecule has 1 aliphatic heterocycles. The van der Waals surface area contributed by atoms with Crippen molar-refractivity contribution in [3.05, 3.63) is 60.5 Å². The van der Waals surface area contributed by atoms with Gasteiger partial charge in [-0.15, -0.1) is 10.2 Å². The van der Waals surface area contributed by atoms with Crippen LogP contribution in [0.3, 0.4) is 0 Å². The molecular weight excluding hydrogens is 342 g/mol. The van der Waals surface area contributed by atoms with Crippen molar-refractivity contribution >= 4 is 5.91 Å². The first kappa shape index (κ1) is 17.4. The van der Waals surface area contributed by atoms with Crippen molar-refractivity contribution in [3.8, 4) is 0 Å². The number of carbonyl (C=O) groups excluding carboxylic acids is 1. The van der Waals surface area contributed by atoms with Gasteiger partial charge in [-0.25, -0.2) is 4.98 Å². The van der Waals surface area contributed by atoms with E-state index < -0.39 is 0 Å². The summed E-state index contributed by atoms with van der Waals surface area (Å²) in [4.78, 5) is 22.8. The number of hydrogen-bond acceptors (Lipinski definition) is 5. The van der Waals surface area contributed by atoms with Crippen molar-refractivity contribution in [3.63, 3.8) is 0 Å². The standard InChI is InChI=1S/C19H23N7O/c1-24-17(13-25-9-7-21-14-25)22-23-19(24)16-5-3-8-26(12-16)18(27)10-15-4-2-6-20-11-15/h2,4,6-7,9,11,14,16H,3,5,8,10,12-13H2,1H3. The van der Waals surface area contributed by atoms with E-state index in [2.05, 4.69) is 24.7 Å². The third-order valence-corrected chi connectivity index (χ3v) is 5.10. The molecular formula is C19H23N7O. The largest absolute Gasteiger partial charge is 0.342 e. The van der Waals surface area contributed by atoms with Crippen LogP contribution in [0.25, 0.3) is 0 Å². The average Bonchev–Trinajstić information content (AvgIpc) is 3.33. The van der Waals surface area contributed by atoms with E-state index in [9.17, 15) is 4.79 Å². The van der Waals surface area contributed by atoms with Crippen molar-refractivity contribution in [2.45, 2.75) is 31.7 Å². The summed E-state index contributed by atoms with van der Waals surface area (Å²) in [6.07, 6.45) is 11.3. The van der Waals surface area contributed by atoms with Gasteiger partial charge in [0.1, 0.15) is 5.82 Å². The van der Waals surface area contributed by atoms with Crippen LogP contribution in [-0.2, 0) is 24.8 Å². The van der Waals surface area contributed by atoms with Crippen LogP contribution in [0.2, 0.25) is 0 Å². The maximum atomic E-state index is 12.7. The second kappa shape index (κ2) is 7.69. The van der Waals surface area contributed by atoms with E-state index in [1.807, 2.05) is 34.8 Å². The molecule has 27 heavy (non-hydrogen) atoms. The Morgan fingerprint density at radius 2 is 2.19 bits per heavy atom. The molecule has 1 fully saturated rings. The number of rotatable bonds is 5. The number of likely N-dealkylation sites (tertiary alicyclic amines) is 1. The van der Waals surface area contributed by atoms with Gasteiger partial charge >= 0.3 is 0 Å². The molecule has 8 nitrogen and oxygen atoms in total. The number of imidazole rings is 1. The van der Waals surface area contributed by atoms with E-state index >= 15 is 0 Å². The average molecular weight is 365 g/mol. The predicted molar refractivity (Wildman–Crippen MR) is 98.8 cm³/mol. The summed E-state index contributed by atoms with van der Waals surface area (Å²) >= 11 is 0. The summed E-state index contributed by atoms with van der Waals surface area (Å²) in [7, 11) is 2.00. The summed E-state index contributed by atoms with van der Waals surface area (Å²) in [5.74, 6) is 2.20. The zero-order chi connectivity index (χ0) is 18.6. The molecule has 1 saturated heterocycles. The third-order valence-electron chi connectivity index (χ3n) is 5.10. The van der Waals surface area contributed by atoms with Crippen LogP contribution in [0, 0.1) is 0 Å². The van der Waals surface area contributed by atoms with Crippen molar-refractivity contribution in [2.24, 2.45) is 7.05 Å². The topological polar surface area (TPSA) is 81.7 Å². The van der Waals surface area contributed by atoms with Crippen LogP contribution in [0.1, 0.15) is 36.0 Å². The first-order chi connectivity index (χ1) is 13.2. The molecule has 1 aliphatic rings. The highest BCUT2D eigenvalue weighted by Gasteiger charge is 2.28. The van der Waals surface area contributed by atoms with Gasteiger partial charge < -0.3 is 14.0 Å². The monoisotopic (exact) mass is 365 g/mol. The number of aromatic nitrogens is 6. The maximum absolute atomic E-state index is 12.7. The minimum Gasteiger partial charge on any atom is -0.342 e. The van der Waals surface area contributed by atoms with Crippen LogP contribution in [0.15, 0.2) is 43.2 Å². The Morgan fingerprint density at radius 1 is 1.26 bits per heavy atom. The number of amides is 1. The smallest absolute Gasteiger partial charge is 0.227 e. The zero-order valence-corrected chi connectivity index (χ0v) is 15.4. The lowest BCUT2D eigenvalue weighted by Crippen LogP contribution is -2.40. The first-order valence-electron chi connectivity index (χ1n) is 9.21. The molecule has 4 rings (SSSR count). The van der Waals surface area contributed by atoms with Gasteiger partial charge in [0, 0.05) is 50.8 Å². The van der Waals surface area contributed by atoms with Crippen LogP contribution >= 0.6 is 0 Å². The molecule has 0 aliphatic carbocycles. The Kier molecular flexibility index (Phi) is 4.95. The van der Waals surface area contributed by atoms with Gasteiger partial charge in [-0.3, -0.25) is 9.78 Å². The number of hydrogen-bond donors (Lipinski definition) is 0. The second-order valence-corrected chi connectivity index (χ2v) is 6.99. The van der Waals surface area contributed by atoms with Crippen LogP contribution in [-0.4, -0.2) is 53.2 Å². The Morgan fingerprint density at radius 3 is 2.96 bits per heavy atom. The van der Waals surface area contributed by atoms with Gasteiger partial charge in [-0.05, 0) is 24.5 Å². The fourth-order valence-corrected chi connectivity index (χ4v) is 3.62. The maximum Gasteiger partial charge on any atom is 0.227 e. The summed E-state index contributed by atoms with van der Waals surface area (Å²) in [5, 5.41) is 8.79. The summed E-state index contributed by atoms with van der Waals surface area (Å²) in [5.41, 5.74) is 0.950. The molecule has 140 valence electrons. The Balaban J connectivity index is 1.44. The number of piperidine rings is 1. The molecule has 1 amide bonds. The molecule has 4 heterocycles. The lowest BCUT2D eigenvalue weighted by atomic mass is 9.96. The van der Waals surface area contributed by atoms with Gasteiger partial charge in [0.15, 0.2) is 5.82 Å². The molecule has 0 saturated carbocycles. The molecule has 1 atom stereocenters. The molecule has 0 aromatic carbocycles. The van der Waals surface area contributed by atoms with Gasteiger partial charge in [-0.2, -0.15) is 0 Å². The Hall–Kier alpha value is -3.03. The molecule has 3 aromatic heterocycles. The number of nitrogens with zero attached hydrogens (tertiary/aromatic N) is 7. The lowest BCUT2D eigenvalue weighted by molar-refractivity contribution is -0.131. The molecule has 0 radical (unpaired) electrons. The quantitative estimate of drug-likeness (QED) is 0.683. The fourth-order valence-electron chi connectivity index (χ4n) is 3.62. The summed E-state index contributed by atoms with van der Waals surface area (Å²) in [6, 6.07) is 3.81. The van der Waals surface area contributed by atoms with Crippen molar-refractivity contribution in [1.29, 1.82) is 0 Å². The van der Waals surface area contributed by atoms with E-state index in [1.165, 1.54) is 0 Å². The highest BCUT2D eigenvalue weighted by molar-refractivity contribution is 5.78. The highest BCUT2D eigenvalue weighted by atomic mass is 16.2. The minimum atomic E-state index is 0.147. The minimum absolute atomic E-state index is 0.147. The summed E-state index contributed by atoms with van der Waals surface area (Å²) < 4.78 is 4.03. The Bertz CT molecular complexity index is 888. The van der Waals surface area contributed by atoms with E-state index in [0.717, 1.165) is 36.6 Å². The fraction of sp³-hybridized carbons (Fsp3) is 0.421. The van der Waals surface area contributed by atoms with E-state index in [0.29, 0.717) is 19.5 Å². The van der Waals surface area contributed by atoms with Gasteiger partial charge in [0.05, 0.1) is 19.3 Å². The number of pyridine rings is 1. The van der Waals surface area contributed by atoms with E-state index in [-0.39, 0.29) is 11.8 Å². The molecule has 1 unspecified atom stereocenters. The summed E-state index contributed by atoms with van der Waals surface area (Å²) in [6.45, 7) is 2.13. The van der Waals surface area contributed by atoms with Crippen molar-refractivity contribution < 1.29 is 4.79 Å². The first-order valence-corrected chi connectivity index (χ1v) is 9.21. The van der Waals surface area contributed by atoms with E-state index in [4.69, 9.17) is 0 Å². The molecule has 0 N–H and O–H groups in total. The highest BCUT2D eigenvalue weighted by Crippen LogP contribution is 2.26. The normalized spacial score (nSPS) is 17.2. The van der Waals surface area contributed by atoms with E-state index in [1.54, 1.807) is 24.9 Å². The number of carbonyl (C=O) groups is 1. The third kappa shape index (κ3) is 3.89. The molecule has 0 spiro atoms. The van der Waals surface area contributed by atoms with Crippen molar-refractivity contribution in [1.82, 2.24) is 34.2 Å². The molecule has 0 bridgehead atoms. The van der Waals surface area contributed by atoms with Crippen molar-refractivity contribution in [2.75, 3.05) is 13.1 Å². The second-order valence-electron chi connectivity index (χ2n) is 6.99. The van der Waals surface area contributed by atoms with Crippen LogP contribution < -0.4 is 0 Å². The SMILES string of the molecule is Cn1c(Cn2ccnc2)nnc1C1CCCN(C(=O)Cc2cccnc2)C1.